The van der Waals surface area contributed by atoms with Gasteiger partial charge in [-0.15, -0.1) is 11.3 Å². The minimum atomic E-state index is -0.262. The SMILES string of the molecule is COc1ccc(CCN2C[C@H](C(=O)N3CCC[C@H](c4nc5ccccc5s4)C3)CC2=O)cc1OC. The first-order chi connectivity index (χ1) is 17.1. The first kappa shape index (κ1) is 23.6. The number of rotatable bonds is 7. The molecule has 1 aromatic heterocycles. The molecule has 0 spiro atoms. The predicted octanol–water partition coefficient (Wildman–Crippen LogP) is 4.11. The van der Waals surface area contributed by atoms with Gasteiger partial charge in [0.1, 0.15) is 0 Å². The fraction of sp³-hybridized carbons (Fsp3) is 0.444. The van der Waals surface area contributed by atoms with Gasteiger partial charge in [0.15, 0.2) is 11.5 Å². The number of ether oxygens (including phenoxy) is 2. The fourth-order valence-electron chi connectivity index (χ4n) is 5.16. The third-order valence-corrected chi connectivity index (χ3v) is 8.27. The Bertz CT molecular complexity index is 1190. The molecule has 0 N–H and O–H groups in total. The van der Waals surface area contributed by atoms with Gasteiger partial charge >= 0.3 is 0 Å². The van der Waals surface area contributed by atoms with Crippen molar-refractivity contribution in [2.24, 2.45) is 5.92 Å². The molecule has 0 aliphatic carbocycles. The topological polar surface area (TPSA) is 72.0 Å². The molecule has 2 atom stereocenters. The number of piperidine rings is 1. The third kappa shape index (κ3) is 4.98. The van der Waals surface area contributed by atoms with Crippen LogP contribution < -0.4 is 9.47 Å². The summed E-state index contributed by atoms with van der Waals surface area (Å²) in [4.78, 5) is 34.7. The minimum absolute atomic E-state index is 0.0589. The lowest BCUT2D eigenvalue weighted by atomic mass is 9.96. The average Bonchev–Trinajstić information content (AvgIpc) is 3.50. The number of benzene rings is 2. The van der Waals surface area contributed by atoms with Gasteiger partial charge < -0.3 is 19.3 Å². The highest BCUT2D eigenvalue weighted by Crippen LogP contribution is 2.34. The van der Waals surface area contributed by atoms with Crippen molar-refractivity contribution >= 4 is 33.4 Å². The molecule has 8 heteroatoms. The van der Waals surface area contributed by atoms with Crippen molar-refractivity contribution in [2.75, 3.05) is 40.4 Å². The Kier molecular flexibility index (Phi) is 6.90. The van der Waals surface area contributed by atoms with Crippen LogP contribution in [0.3, 0.4) is 0 Å². The quantitative estimate of drug-likeness (QED) is 0.495. The Balaban J connectivity index is 1.19. The number of methoxy groups -OCH3 is 2. The van der Waals surface area contributed by atoms with E-state index < -0.39 is 0 Å². The summed E-state index contributed by atoms with van der Waals surface area (Å²) in [6.45, 7) is 2.53. The minimum Gasteiger partial charge on any atom is -0.493 e. The van der Waals surface area contributed by atoms with E-state index in [0.29, 0.717) is 44.0 Å². The lowest BCUT2D eigenvalue weighted by Gasteiger charge is -2.33. The predicted molar refractivity (Wildman–Crippen MR) is 136 cm³/mol. The summed E-state index contributed by atoms with van der Waals surface area (Å²) in [7, 11) is 3.23. The molecule has 5 rings (SSSR count). The maximum absolute atomic E-state index is 13.4. The number of carbonyl (C=O) groups is 2. The summed E-state index contributed by atoms with van der Waals surface area (Å²) < 4.78 is 11.9. The van der Waals surface area contributed by atoms with E-state index in [0.717, 1.165) is 35.5 Å². The Hall–Kier alpha value is -3.13. The summed E-state index contributed by atoms with van der Waals surface area (Å²) >= 11 is 1.73. The molecule has 184 valence electrons. The van der Waals surface area contributed by atoms with E-state index in [1.165, 1.54) is 4.70 Å². The highest BCUT2D eigenvalue weighted by Gasteiger charge is 2.38. The lowest BCUT2D eigenvalue weighted by Crippen LogP contribution is -2.43. The maximum atomic E-state index is 13.4. The largest absolute Gasteiger partial charge is 0.493 e. The zero-order valence-electron chi connectivity index (χ0n) is 20.2. The summed E-state index contributed by atoms with van der Waals surface area (Å²) in [6, 6.07) is 14.0. The van der Waals surface area contributed by atoms with Crippen LogP contribution in [0.5, 0.6) is 11.5 Å². The summed E-state index contributed by atoms with van der Waals surface area (Å²) in [5.41, 5.74) is 2.10. The van der Waals surface area contributed by atoms with E-state index in [9.17, 15) is 9.59 Å². The fourth-order valence-corrected chi connectivity index (χ4v) is 6.25. The molecule has 0 bridgehead atoms. The van der Waals surface area contributed by atoms with E-state index in [1.54, 1.807) is 25.6 Å². The Morgan fingerprint density at radius 1 is 1.11 bits per heavy atom. The van der Waals surface area contributed by atoms with E-state index >= 15 is 0 Å². The third-order valence-electron chi connectivity index (χ3n) is 7.07. The molecule has 7 nitrogen and oxygen atoms in total. The average molecular weight is 494 g/mol. The number of aromatic nitrogens is 1. The highest BCUT2D eigenvalue weighted by molar-refractivity contribution is 7.18. The normalized spacial score (nSPS) is 20.5. The van der Waals surface area contributed by atoms with Gasteiger partial charge in [-0.25, -0.2) is 4.98 Å². The first-order valence-electron chi connectivity index (χ1n) is 12.2. The summed E-state index contributed by atoms with van der Waals surface area (Å²) in [6.07, 6.45) is 3.02. The number of carbonyl (C=O) groups excluding carboxylic acids is 2. The molecule has 0 saturated carbocycles. The number of amides is 2. The van der Waals surface area contributed by atoms with Gasteiger partial charge in [0, 0.05) is 38.5 Å². The number of nitrogens with zero attached hydrogens (tertiary/aromatic N) is 3. The molecule has 2 fully saturated rings. The number of hydrogen-bond donors (Lipinski definition) is 0. The van der Waals surface area contributed by atoms with Gasteiger partial charge in [-0.05, 0) is 49.1 Å². The monoisotopic (exact) mass is 493 g/mol. The standard InChI is InChI=1S/C27H31N3O4S/c1-33-22-10-9-18(14-23(22)34-2)11-13-29-17-20(15-25(29)31)27(32)30-12-5-6-19(16-30)26-28-21-7-3-4-8-24(21)35-26/h3-4,7-10,14,19-20H,5-6,11-13,15-17H2,1-2H3/t19-,20+/m0/s1. The summed E-state index contributed by atoms with van der Waals surface area (Å²) in [5.74, 6) is 1.54. The molecule has 2 aliphatic heterocycles. The van der Waals surface area contributed by atoms with E-state index in [1.807, 2.05) is 46.2 Å². The molecule has 2 aromatic carbocycles. The van der Waals surface area contributed by atoms with Crippen LogP contribution in [0.4, 0.5) is 0 Å². The Morgan fingerprint density at radius 3 is 2.74 bits per heavy atom. The first-order valence-corrected chi connectivity index (χ1v) is 13.0. The van der Waals surface area contributed by atoms with Crippen LogP contribution in [0.2, 0.25) is 0 Å². The number of thiazole rings is 1. The Labute approximate surface area is 209 Å². The van der Waals surface area contributed by atoms with Gasteiger partial charge in [0.2, 0.25) is 11.8 Å². The summed E-state index contributed by atoms with van der Waals surface area (Å²) in [5, 5.41) is 1.11. The second-order valence-electron chi connectivity index (χ2n) is 9.32. The van der Waals surface area contributed by atoms with Gasteiger partial charge in [-0.2, -0.15) is 0 Å². The van der Waals surface area contributed by atoms with Crippen LogP contribution in [0.15, 0.2) is 42.5 Å². The van der Waals surface area contributed by atoms with Gasteiger partial charge in [0.05, 0.1) is 35.4 Å². The molecule has 3 aromatic rings. The van der Waals surface area contributed by atoms with Crippen molar-refractivity contribution in [2.45, 2.75) is 31.6 Å². The maximum Gasteiger partial charge on any atom is 0.228 e. The van der Waals surface area contributed by atoms with Crippen LogP contribution >= 0.6 is 11.3 Å². The van der Waals surface area contributed by atoms with Crippen molar-refractivity contribution in [1.82, 2.24) is 14.8 Å². The van der Waals surface area contributed by atoms with E-state index in [4.69, 9.17) is 14.5 Å². The molecule has 0 radical (unpaired) electrons. The molecule has 3 heterocycles. The molecular weight excluding hydrogens is 462 g/mol. The highest BCUT2D eigenvalue weighted by atomic mass is 32.1. The Morgan fingerprint density at radius 2 is 1.94 bits per heavy atom. The smallest absolute Gasteiger partial charge is 0.228 e. The molecule has 0 unspecified atom stereocenters. The van der Waals surface area contributed by atoms with E-state index in [2.05, 4.69) is 6.07 Å². The second-order valence-corrected chi connectivity index (χ2v) is 10.4. The molecular formula is C27H31N3O4S. The van der Waals surface area contributed by atoms with Crippen molar-refractivity contribution in [3.63, 3.8) is 0 Å². The van der Waals surface area contributed by atoms with Crippen LogP contribution in [-0.2, 0) is 16.0 Å². The van der Waals surface area contributed by atoms with Crippen LogP contribution in [0.25, 0.3) is 10.2 Å². The zero-order valence-corrected chi connectivity index (χ0v) is 21.1. The van der Waals surface area contributed by atoms with Crippen LogP contribution in [-0.4, -0.2) is 67.0 Å². The number of para-hydroxylation sites is 1. The van der Waals surface area contributed by atoms with Gasteiger partial charge in [-0.1, -0.05) is 18.2 Å². The number of fused-ring (bicyclic) bond motifs is 1. The molecule has 2 amide bonds. The van der Waals surface area contributed by atoms with Crippen molar-refractivity contribution in [1.29, 1.82) is 0 Å². The lowest BCUT2D eigenvalue weighted by molar-refractivity contribution is -0.137. The second kappa shape index (κ2) is 10.2. The van der Waals surface area contributed by atoms with Gasteiger partial charge in [0.25, 0.3) is 0 Å². The van der Waals surface area contributed by atoms with E-state index in [-0.39, 0.29) is 23.7 Å². The van der Waals surface area contributed by atoms with Crippen molar-refractivity contribution in [3.8, 4) is 11.5 Å². The number of likely N-dealkylation sites (tertiary alicyclic amines) is 2. The molecule has 35 heavy (non-hydrogen) atoms. The van der Waals surface area contributed by atoms with Crippen LogP contribution in [0.1, 0.15) is 35.8 Å². The van der Waals surface area contributed by atoms with Crippen molar-refractivity contribution < 1.29 is 19.1 Å². The number of hydrogen-bond acceptors (Lipinski definition) is 6. The van der Waals surface area contributed by atoms with Crippen molar-refractivity contribution in [3.05, 3.63) is 53.0 Å². The van der Waals surface area contributed by atoms with Crippen LogP contribution in [0, 0.1) is 5.92 Å². The molecule has 2 aliphatic rings. The zero-order chi connectivity index (χ0) is 24.4. The van der Waals surface area contributed by atoms with Gasteiger partial charge in [-0.3, -0.25) is 9.59 Å². The molecule has 2 saturated heterocycles.